The molecule has 5 heteroatoms. The van der Waals surface area contributed by atoms with Crippen LogP contribution >= 0.6 is 0 Å². The smallest absolute Gasteiger partial charge is 0.315 e. The molecule has 0 saturated carbocycles. The van der Waals surface area contributed by atoms with Crippen LogP contribution in [-0.4, -0.2) is 31.1 Å². The lowest BCUT2D eigenvalue weighted by molar-refractivity contribution is -0.117. The standard InChI is InChI=1S/C19H25N3O2/c23-18-13-16(14-22(18)17-9-5-2-6-10-17)21-19(24)20-12-11-15-7-3-1-4-8-15/h2,5-7,9-10,16H,1,3-4,8,11-14H2,(H2,20,21,24)/t16-/m0/s1. The Hall–Kier alpha value is -2.30. The van der Waals surface area contributed by atoms with Crippen molar-refractivity contribution in [2.75, 3.05) is 18.0 Å². The first-order valence-corrected chi connectivity index (χ1v) is 8.80. The number of nitrogens with one attached hydrogen (secondary N) is 2. The van der Waals surface area contributed by atoms with Crippen LogP contribution in [0.1, 0.15) is 38.5 Å². The van der Waals surface area contributed by atoms with Crippen LogP contribution in [0, 0.1) is 0 Å². The number of carbonyl (C=O) groups excluding carboxylic acids is 2. The molecule has 0 aromatic heterocycles. The van der Waals surface area contributed by atoms with Crippen molar-refractivity contribution in [3.8, 4) is 0 Å². The molecule has 0 radical (unpaired) electrons. The minimum absolute atomic E-state index is 0.0545. The fraction of sp³-hybridized carbons (Fsp3) is 0.474. The molecule has 1 aromatic rings. The Morgan fingerprint density at radius 2 is 2.04 bits per heavy atom. The van der Waals surface area contributed by atoms with E-state index in [0.717, 1.165) is 18.5 Å². The molecule has 0 unspecified atom stereocenters. The molecule has 128 valence electrons. The normalized spacial score (nSPS) is 20.7. The number of para-hydroxylation sites is 1. The summed E-state index contributed by atoms with van der Waals surface area (Å²) in [5.74, 6) is 0.0545. The molecule has 1 aliphatic carbocycles. The molecule has 1 fully saturated rings. The van der Waals surface area contributed by atoms with Gasteiger partial charge in [0.2, 0.25) is 5.91 Å². The lowest BCUT2D eigenvalue weighted by atomic mass is 9.97. The van der Waals surface area contributed by atoms with E-state index in [1.807, 2.05) is 30.3 Å². The number of amides is 3. The second-order valence-corrected chi connectivity index (χ2v) is 6.50. The highest BCUT2D eigenvalue weighted by Gasteiger charge is 2.31. The molecule has 0 bridgehead atoms. The monoisotopic (exact) mass is 327 g/mol. The predicted molar refractivity (Wildman–Crippen MR) is 94.9 cm³/mol. The van der Waals surface area contributed by atoms with E-state index in [1.54, 1.807) is 4.90 Å². The van der Waals surface area contributed by atoms with E-state index in [-0.39, 0.29) is 18.0 Å². The molecule has 5 nitrogen and oxygen atoms in total. The Labute approximate surface area is 143 Å². The van der Waals surface area contributed by atoms with E-state index in [0.29, 0.717) is 19.5 Å². The van der Waals surface area contributed by atoms with Gasteiger partial charge in [-0.2, -0.15) is 0 Å². The van der Waals surface area contributed by atoms with Gasteiger partial charge >= 0.3 is 6.03 Å². The summed E-state index contributed by atoms with van der Waals surface area (Å²) in [5, 5.41) is 5.82. The lowest BCUT2D eigenvalue weighted by Crippen LogP contribution is -2.43. The Morgan fingerprint density at radius 1 is 1.21 bits per heavy atom. The number of benzene rings is 1. The summed E-state index contributed by atoms with van der Waals surface area (Å²) in [5.41, 5.74) is 2.34. The third-order valence-corrected chi connectivity index (χ3v) is 4.64. The van der Waals surface area contributed by atoms with Crippen LogP contribution in [0.2, 0.25) is 0 Å². The summed E-state index contributed by atoms with van der Waals surface area (Å²) >= 11 is 0. The molecule has 24 heavy (non-hydrogen) atoms. The van der Waals surface area contributed by atoms with Gasteiger partial charge in [-0.25, -0.2) is 4.79 Å². The van der Waals surface area contributed by atoms with Crippen molar-refractivity contribution >= 4 is 17.6 Å². The summed E-state index contributed by atoms with van der Waals surface area (Å²) in [6, 6.07) is 9.27. The molecule has 1 atom stereocenters. The third-order valence-electron chi connectivity index (χ3n) is 4.64. The molecule has 3 amide bonds. The minimum Gasteiger partial charge on any atom is -0.338 e. The number of urea groups is 1. The van der Waals surface area contributed by atoms with E-state index in [2.05, 4.69) is 16.7 Å². The maximum atomic E-state index is 12.1. The average molecular weight is 327 g/mol. The number of nitrogens with zero attached hydrogens (tertiary/aromatic N) is 1. The van der Waals surface area contributed by atoms with Crippen molar-refractivity contribution in [2.45, 2.75) is 44.6 Å². The van der Waals surface area contributed by atoms with Crippen LogP contribution in [0.3, 0.4) is 0 Å². The molecule has 0 spiro atoms. The number of rotatable bonds is 5. The highest BCUT2D eigenvalue weighted by Crippen LogP contribution is 2.21. The van der Waals surface area contributed by atoms with Crippen LogP contribution < -0.4 is 15.5 Å². The molecule has 2 aliphatic rings. The van der Waals surface area contributed by atoms with Gasteiger partial charge < -0.3 is 15.5 Å². The number of anilines is 1. The van der Waals surface area contributed by atoms with Gasteiger partial charge in [0.05, 0.1) is 6.04 Å². The van der Waals surface area contributed by atoms with E-state index in [4.69, 9.17) is 0 Å². The van der Waals surface area contributed by atoms with E-state index >= 15 is 0 Å². The van der Waals surface area contributed by atoms with Crippen molar-refractivity contribution in [1.82, 2.24) is 10.6 Å². The van der Waals surface area contributed by atoms with Gasteiger partial charge in [-0.3, -0.25) is 4.79 Å². The van der Waals surface area contributed by atoms with Gasteiger partial charge in [0.15, 0.2) is 0 Å². The average Bonchev–Trinajstić information content (AvgIpc) is 2.97. The van der Waals surface area contributed by atoms with Crippen LogP contribution in [-0.2, 0) is 4.79 Å². The van der Waals surface area contributed by atoms with Gasteiger partial charge in [0.25, 0.3) is 0 Å². The topological polar surface area (TPSA) is 61.4 Å². The Bertz CT molecular complexity index is 612. The van der Waals surface area contributed by atoms with Crippen molar-refractivity contribution in [3.63, 3.8) is 0 Å². The highest BCUT2D eigenvalue weighted by molar-refractivity contribution is 5.96. The van der Waals surface area contributed by atoms with Gasteiger partial charge in [-0.15, -0.1) is 0 Å². The quantitative estimate of drug-likeness (QED) is 0.817. The summed E-state index contributed by atoms with van der Waals surface area (Å²) in [4.78, 5) is 25.9. The van der Waals surface area contributed by atoms with E-state index < -0.39 is 0 Å². The molecule has 2 N–H and O–H groups in total. The molecule has 3 rings (SSSR count). The molecule has 1 heterocycles. The van der Waals surface area contributed by atoms with Crippen molar-refractivity contribution in [1.29, 1.82) is 0 Å². The zero-order chi connectivity index (χ0) is 16.8. The summed E-state index contributed by atoms with van der Waals surface area (Å²) in [7, 11) is 0. The first-order chi connectivity index (χ1) is 11.7. The largest absolute Gasteiger partial charge is 0.338 e. The Kier molecular flexibility index (Phi) is 5.51. The number of hydrogen-bond donors (Lipinski definition) is 2. The molecule has 1 aliphatic heterocycles. The molecule has 1 aromatic carbocycles. The fourth-order valence-electron chi connectivity index (χ4n) is 3.37. The Balaban J connectivity index is 1.42. The van der Waals surface area contributed by atoms with Gasteiger partial charge in [0.1, 0.15) is 0 Å². The van der Waals surface area contributed by atoms with Crippen LogP contribution in [0.4, 0.5) is 10.5 Å². The second kappa shape index (κ2) is 7.99. The maximum Gasteiger partial charge on any atom is 0.315 e. The second-order valence-electron chi connectivity index (χ2n) is 6.50. The minimum atomic E-state index is -0.181. The summed E-state index contributed by atoms with van der Waals surface area (Å²) < 4.78 is 0. The number of hydrogen-bond acceptors (Lipinski definition) is 2. The van der Waals surface area contributed by atoms with Crippen LogP contribution in [0.5, 0.6) is 0 Å². The first-order valence-electron chi connectivity index (χ1n) is 8.80. The summed E-state index contributed by atoms with van der Waals surface area (Å²) in [6.45, 7) is 1.18. The number of carbonyl (C=O) groups is 2. The van der Waals surface area contributed by atoms with Crippen molar-refractivity contribution in [2.24, 2.45) is 0 Å². The van der Waals surface area contributed by atoms with Gasteiger partial charge in [-0.1, -0.05) is 29.8 Å². The molecular weight excluding hydrogens is 302 g/mol. The zero-order valence-electron chi connectivity index (χ0n) is 14.0. The third kappa shape index (κ3) is 4.37. The predicted octanol–water partition coefficient (Wildman–Crippen LogP) is 2.98. The molecule has 1 saturated heterocycles. The first kappa shape index (κ1) is 16.6. The molecular formula is C19H25N3O2. The van der Waals surface area contributed by atoms with Crippen LogP contribution in [0.25, 0.3) is 0 Å². The van der Waals surface area contributed by atoms with E-state index in [1.165, 1.54) is 24.8 Å². The SMILES string of the molecule is O=C(NCCC1=CCCCC1)N[C@H]1CC(=O)N(c2ccccc2)C1. The van der Waals surface area contributed by atoms with E-state index in [9.17, 15) is 9.59 Å². The lowest BCUT2D eigenvalue weighted by Gasteiger charge is -2.17. The zero-order valence-corrected chi connectivity index (χ0v) is 14.0. The van der Waals surface area contributed by atoms with Crippen LogP contribution in [0.15, 0.2) is 42.0 Å². The fourth-order valence-corrected chi connectivity index (χ4v) is 3.37. The van der Waals surface area contributed by atoms with Gasteiger partial charge in [0, 0.05) is 25.2 Å². The number of allylic oxidation sites excluding steroid dienone is 1. The van der Waals surface area contributed by atoms with Crippen molar-refractivity contribution in [3.05, 3.63) is 42.0 Å². The Morgan fingerprint density at radius 3 is 2.79 bits per heavy atom. The maximum absolute atomic E-state index is 12.1. The summed E-state index contributed by atoms with van der Waals surface area (Å²) in [6.07, 6.45) is 8.45. The van der Waals surface area contributed by atoms with Gasteiger partial charge in [-0.05, 0) is 44.2 Å². The highest BCUT2D eigenvalue weighted by atomic mass is 16.2. The van der Waals surface area contributed by atoms with Crippen molar-refractivity contribution < 1.29 is 9.59 Å².